The van der Waals surface area contributed by atoms with Crippen LogP contribution in [0.4, 0.5) is 0 Å². The molecule has 0 unspecified atom stereocenters. The maximum Gasteiger partial charge on any atom is 0.0361 e. The molecule has 0 atom stereocenters. The molecule has 0 saturated carbocycles. The van der Waals surface area contributed by atoms with Crippen LogP contribution in [0.2, 0.25) is 0 Å². The topological polar surface area (TPSA) is 3.24 Å². The summed E-state index contributed by atoms with van der Waals surface area (Å²) < 4.78 is 2.17. The van der Waals surface area contributed by atoms with Crippen LogP contribution in [0.25, 0.3) is 0 Å². The zero-order valence-electron chi connectivity index (χ0n) is 5.35. The Bertz CT molecular complexity index is 109. The van der Waals surface area contributed by atoms with Gasteiger partial charge in [0.05, 0.1) is 0 Å². The fourth-order valence-corrected chi connectivity index (χ4v) is 1.58. The van der Waals surface area contributed by atoms with Crippen molar-refractivity contribution < 1.29 is 0 Å². The smallest absolute Gasteiger partial charge is 0.0361 e. The van der Waals surface area contributed by atoms with Gasteiger partial charge in [-0.2, -0.15) is 0 Å². The minimum atomic E-state index is 1.20. The molecule has 0 bridgehead atoms. The maximum absolute atomic E-state index is 2.21. The summed E-state index contributed by atoms with van der Waals surface area (Å²) in [5.41, 5.74) is 1.55. The number of nitrogens with zero attached hydrogens (tertiary/aromatic N) is 1. The molecule has 2 heteroatoms. The molecule has 0 amide bonds. The predicted octanol–water partition coefficient (Wildman–Crippen LogP) is 1.87. The van der Waals surface area contributed by atoms with E-state index in [0.717, 1.165) is 0 Å². The Morgan fingerprint density at radius 2 is 2.62 bits per heavy atom. The van der Waals surface area contributed by atoms with Crippen molar-refractivity contribution in [3.8, 4) is 0 Å². The molecule has 1 aliphatic rings. The predicted molar refractivity (Wildman–Crippen MR) is 38.6 cm³/mol. The molecular weight excluding hydrogens is 118 g/mol. The van der Waals surface area contributed by atoms with Crippen molar-refractivity contribution in [2.45, 2.75) is 13.3 Å². The van der Waals surface area contributed by atoms with Gasteiger partial charge in [0.2, 0.25) is 0 Å². The zero-order chi connectivity index (χ0) is 5.98. The van der Waals surface area contributed by atoms with Gasteiger partial charge in [0.25, 0.3) is 0 Å². The van der Waals surface area contributed by atoms with Crippen LogP contribution >= 0.6 is 11.9 Å². The normalized spacial score (nSPS) is 19.2. The molecule has 0 fully saturated rings. The lowest BCUT2D eigenvalue weighted by molar-refractivity contribution is 0.780. The highest BCUT2D eigenvalue weighted by Gasteiger charge is 2.05. The van der Waals surface area contributed by atoms with Gasteiger partial charge in [0.1, 0.15) is 0 Å². The highest BCUT2D eigenvalue weighted by Crippen LogP contribution is 2.22. The first-order valence-electron chi connectivity index (χ1n) is 2.88. The van der Waals surface area contributed by atoms with Gasteiger partial charge < -0.3 is 4.31 Å². The summed E-state index contributed by atoms with van der Waals surface area (Å²) >= 11 is 1.87. The van der Waals surface area contributed by atoms with Gasteiger partial charge in [-0.25, -0.2) is 0 Å². The second-order valence-corrected chi connectivity index (χ2v) is 3.08. The zero-order valence-corrected chi connectivity index (χ0v) is 6.16. The van der Waals surface area contributed by atoms with Crippen LogP contribution < -0.4 is 0 Å². The van der Waals surface area contributed by atoms with E-state index in [1.165, 1.54) is 12.2 Å². The van der Waals surface area contributed by atoms with Crippen LogP contribution in [-0.2, 0) is 0 Å². The van der Waals surface area contributed by atoms with Crippen LogP contribution in [-0.4, -0.2) is 17.1 Å². The maximum atomic E-state index is 2.21. The molecule has 0 aliphatic carbocycles. The van der Waals surface area contributed by atoms with Crippen molar-refractivity contribution in [3.05, 3.63) is 11.8 Å². The Balaban J connectivity index is 2.44. The second-order valence-electron chi connectivity index (χ2n) is 1.96. The largest absolute Gasteiger partial charge is 0.326 e. The van der Waals surface area contributed by atoms with Gasteiger partial charge in [-0.1, -0.05) is 6.92 Å². The molecule has 0 saturated heterocycles. The summed E-state index contributed by atoms with van der Waals surface area (Å²) in [6, 6.07) is 0. The lowest BCUT2D eigenvalue weighted by Gasteiger charge is -2.00. The highest BCUT2D eigenvalue weighted by atomic mass is 32.2. The first-order valence-corrected chi connectivity index (χ1v) is 3.82. The lowest BCUT2D eigenvalue weighted by Crippen LogP contribution is -1.90. The molecular formula is C6H11NS. The summed E-state index contributed by atoms with van der Waals surface area (Å²) in [6.45, 7) is 2.20. The number of rotatable bonds is 1. The van der Waals surface area contributed by atoms with E-state index < -0.39 is 0 Å². The summed E-state index contributed by atoms with van der Waals surface area (Å²) in [7, 11) is 2.09. The van der Waals surface area contributed by atoms with Crippen molar-refractivity contribution in [2.24, 2.45) is 0 Å². The minimum Gasteiger partial charge on any atom is -0.326 e. The molecule has 1 rings (SSSR count). The van der Waals surface area contributed by atoms with Gasteiger partial charge in [0.15, 0.2) is 0 Å². The van der Waals surface area contributed by atoms with Crippen LogP contribution in [0.15, 0.2) is 11.8 Å². The fourth-order valence-electron chi connectivity index (χ4n) is 0.710. The van der Waals surface area contributed by atoms with Gasteiger partial charge in [0, 0.05) is 19.0 Å². The van der Waals surface area contributed by atoms with Crippen molar-refractivity contribution in [2.75, 3.05) is 12.8 Å². The summed E-state index contributed by atoms with van der Waals surface area (Å²) in [5, 5.41) is 0. The summed E-state index contributed by atoms with van der Waals surface area (Å²) in [6.07, 6.45) is 3.42. The van der Waals surface area contributed by atoms with E-state index in [1.807, 2.05) is 11.9 Å². The first kappa shape index (κ1) is 6.02. The molecule has 0 N–H and O–H groups in total. The van der Waals surface area contributed by atoms with Crippen LogP contribution in [0.5, 0.6) is 0 Å². The van der Waals surface area contributed by atoms with Crippen molar-refractivity contribution in [3.63, 3.8) is 0 Å². The van der Waals surface area contributed by atoms with E-state index in [9.17, 15) is 0 Å². The minimum absolute atomic E-state index is 1.20. The molecule has 0 spiro atoms. The molecule has 1 aliphatic heterocycles. The van der Waals surface area contributed by atoms with E-state index in [0.29, 0.717) is 0 Å². The fraction of sp³-hybridized carbons (Fsp3) is 0.667. The number of hydrogen-bond donors (Lipinski definition) is 0. The molecule has 0 aromatic carbocycles. The molecule has 46 valence electrons. The Labute approximate surface area is 54.9 Å². The van der Waals surface area contributed by atoms with Crippen molar-refractivity contribution in [1.82, 2.24) is 4.31 Å². The van der Waals surface area contributed by atoms with E-state index in [1.54, 1.807) is 5.57 Å². The molecule has 0 aromatic heterocycles. The molecule has 0 radical (unpaired) electrons. The molecule has 0 aromatic rings. The quantitative estimate of drug-likeness (QED) is 0.497. The third-order valence-corrected chi connectivity index (χ3v) is 2.28. The monoisotopic (exact) mass is 129 g/mol. The highest BCUT2D eigenvalue weighted by molar-refractivity contribution is 7.97. The first-order chi connectivity index (χ1) is 3.83. The average Bonchev–Trinajstić information content (AvgIpc) is 2.14. The number of hydrogen-bond acceptors (Lipinski definition) is 2. The summed E-state index contributed by atoms with van der Waals surface area (Å²) in [5.74, 6) is 1.20. The standard InChI is InChI=1S/C6H11NS/c1-3-6-4-7(2)8-5-6/h4H,3,5H2,1-2H3. The molecule has 8 heavy (non-hydrogen) atoms. The van der Waals surface area contributed by atoms with E-state index in [2.05, 4.69) is 24.5 Å². The SMILES string of the molecule is CCC1=CN(C)SC1. The van der Waals surface area contributed by atoms with E-state index >= 15 is 0 Å². The molecule has 1 nitrogen and oxygen atoms in total. The molecule has 1 heterocycles. The lowest BCUT2D eigenvalue weighted by atomic mass is 10.3. The second kappa shape index (κ2) is 2.44. The van der Waals surface area contributed by atoms with Gasteiger partial charge in [-0.05, 0) is 23.9 Å². The Kier molecular flexibility index (Phi) is 1.84. The third-order valence-electron chi connectivity index (χ3n) is 1.27. The third kappa shape index (κ3) is 1.19. The Morgan fingerprint density at radius 3 is 2.88 bits per heavy atom. The average molecular weight is 129 g/mol. The van der Waals surface area contributed by atoms with Crippen LogP contribution in [0.3, 0.4) is 0 Å². The van der Waals surface area contributed by atoms with E-state index in [4.69, 9.17) is 0 Å². The van der Waals surface area contributed by atoms with Crippen LogP contribution in [0.1, 0.15) is 13.3 Å². The van der Waals surface area contributed by atoms with E-state index in [-0.39, 0.29) is 0 Å². The van der Waals surface area contributed by atoms with Gasteiger partial charge >= 0.3 is 0 Å². The summed E-state index contributed by atoms with van der Waals surface area (Å²) in [4.78, 5) is 0. The Hall–Kier alpha value is -0.110. The Morgan fingerprint density at radius 1 is 1.88 bits per heavy atom. The van der Waals surface area contributed by atoms with Crippen molar-refractivity contribution >= 4 is 11.9 Å². The van der Waals surface area contributed by atoms with Gasteiger partial charge in [-0.3, -0.25) is 0 Å². The van der Waals surface area contributed by atoms with Crippen molar-refractivity contribution in [1.29, 1.82) is 0 Å². The van der Waals surface area contributed by atoms with Crippen LogP contribution in [0, 0.1) is 0 Å². The van der Waals surface area contributed by atoms with Gasteiger partial charge in [-0.15, -0.1) is 0 Å².